The number of benzene rings is 4. The first-order valence-corrected chi connectivity index (χ1v) is 24.4. The van der Waals surface area contributed by atoms with Gasteiger partial charge in [0.2, 0.25) is 0 Å². The number of nitrogens with one attached hydrogen (secondary N) is 3. The first-order valence-electron chi connectivity index (χ1n) is 22.9. The minimum Gasteiger partial charge on any atom is -0.588 e. The molecule has 0 radical (unpaired) electrons. The van der Waals surface area contributed by atoms with Gasteiger partial charge in [0.25, 0.3) is 11.6 Å². The van der Waals surface area contributed by atoms with Gasteiger partial charge in [-0.2, -0.15) is 4.72 Å². The third-order valence-corrected chi connectivity index (χ3v) is 14.4. The van der Waals surface area contributed by atoms with Gasteiger partial charge in [-0.3, -0.25) is 19.8 Å². The van der Waals surface area contributed by atoms with Crippen LogP contribution in [0.3, 0.4) is 0 Å². The summed E-state index contributed by atoms with van der Waals surface area (Å²) in [7, 11) is 6.16. The molecule has 8 rings (SSSR count). The number of carbonyl (C=O) groups is 1. The number of aryl methyl sites for hydroxylation is 1. The van der Waals surface area contributed by atoms with E-state index in [2.05, 4.69) is 74.8 Å². The van der Waals surface area contributed by atoms with Crippen LogP contribution in [-0.4, -0.2) is 127 Å². The highest BCUT2D eigenvalue weighted by Gasteiger charge is 2.31. The van der Waals surface area contributed by atoms with E-state index in [9.17, 15) is 19.5 Å². The molecule has 4 aromatic carbocycles. The van der Waals surface area contributed by atoms with Gasteiger partial charge in [-0.25, -0.2) is 5.01 Å². The van der Waals surface area contributed by atoms with E-state index in [1.807, 2.05) is 60.7 Å². The summed E-state index contributed by atoms with van der Waals surface area (Å²) in [6.45, 7) is 12.9. The third-order valence-electron chi connectivity index (χ3n) is 13.1. The Bertz CT molecular complexity index is 2550. The second kappa shape index (κ2) is 20.8. The Labute approximate surface area is 396 Å². The van der Waals surface area contributed by atoms with E-state index >= 15 is 0 Å². The summed E-state index contributed by atoms with van der Waals surface area (Å²) in [5.41, 5.74) is 10.8. The fraction of sp³-hybridized carbons (Fsp3) is 0.420. The van der Waals surface area contributed by atoms with Crippen molar-refractivity contribution in [2.24, 2.45) is 5.41 Å². The maximum atomic E-state index is 14.2. The molecule has 3 aliphatic rings. The molecule has 1 aliphatic carbocycles. The molecule has 0 bridgehead atoms. The summed E-state index contributed by atoms with van der Waals surface area (Å²) in [5, 5.41) is 15.8. The summed E-state index contributed by atoms with van der Waals surface area (Å²) >= 11 is 4.16. The van der Waals surface area contributed by atoms with E-state index < -0.39 is 22.2 Å². The fourth-order valence-electron chi connectivity index (χ4n) is 9.24. The number of nitro benzene ring substituents is 1. The van der Waals surface area contributed by atoms with Crippen molar-refractivity contribution in [3.05, 3.63) is 122 Å². The number of H-pyrrole nitrogens is 1. The molecule has 3 N–H and O–H groups in total. The number of fused-ring (bicyclic) bond motifs is 1. The molecule has 1 unspecified atom stereocenters. The van der Waals surface area contributed by atoms with Gasteiger partial charge in [0.05, 0.1) is 16.6 Å². The zero-order valence-electron chi connectivity index (χ0n) is 38.7. The van der Waals surface area contributed by atoms with Gasteiger partial charge < -0.3 is 34.4 Å². The number of hydrazine groups is 1. The predicted octanol–water partition coefficient (Wildman–Crippen LogP) is 8.83. The average Bonchev–Trinajstić information content (AvgIpc) is 3.72. The summed E-state index contributed by atoms with van der Waals surface area (Å²) in [6.07, 6.45) is 7.08. The molecule has 0 spiro atoms. The standard InChI is InChI=1S/C50H62ClN9O5S/c1-50(2)20-19-37(42(32-50)35-11-13-38(51)14-12-35)34-57-24-26-58(27-25-57)39-15-17-41(47(30-39)65-46-10-6-9-44-48(46)36(33-52-44)8-7-21-55(3)4)49(61)54-66(64)40-16-18-43(45(31-40)60(62)63)53-59-28-22-56(5)23-29-59/h6,9-18,30-31,33,52-53H,7-8,19-29,32,34H2,1-5H3,(H,54,61). The van der Waals surface area contributed by atoms with E-state index in [0.29, 0.717) is 30.3 Å². The van der Waals surface area contributed by atoms with Crippen LogP contribution in [0.4, 0.5) is 17.1 Å². The number of hydrogen-bond donors (Lipinski definition) is 3. The van der Waals surface area contributed by atoms with Crippen LogP contribution in [0, 0.1) is 15.5 Å². The van der Waals surface area contributed by atoms with Crippen molar-refractivity contribution in [1.82, 2.24) is 29.4 Å². The van der Waals surface area contributed by atoms with Crippen LogP contribution in [0.2, 0.25) is 5.02 Å². The monoisotopic (exact) mass is 935 g/mol. The number of amides is 1. The van der Waals surface area contributed by atoms with Crippen molar-refractivity contribution < 1.29 is 19.0 Å². The molecular formula is C50H62ClN9O5S. The number of carbonyl (C=O) groups excluding carboxylic acids is 1. The van der Waals surface area contributed by atoms with E-state index in [-0.39, 0.29) is 21.6 Å². The molecule has 0 saturated carbocycles. The summed E-state index contributed by atoms with van der Waals surface area (Å²) in [6, 6.07) is 24.0. The second-order valence-electron chi connectivity index (χ2n) is 18.9. The van der Waals surface area contributed by atoms with Gasteiger partial charge in [0.15, 0.2) is 4.90 Å². The fourth-order valence-corrected chi connectivity index (χ4v) is 10.2. The molecular weight excluding hydrogens is 874 g/mol. The van der Waals surface area contributed by atoms with Gasteiger partial charge in [-0.1, -0.05) is 49.2 Å². The molecule has 14 nitrogen and oxygen atoms in total. The van der Waals surface area contributed by atoms with E-state index in [4.69, 9.17) is 16.3 Å². The molecule has 2 fully saturated rings. The maximum Gasteiger partial charge on any atom is 0.298 e. The van der Waals surface area contributed by atoms with Crippen LogP contribution in [0.15, 0.2) is 95.5 Å². The normalized spacial score (nSPS) is 17.9. The van der Waals surface area contributed by atoms with Crippen molar-refractivity contribution in [3.63, 3.8) is 0 Å². The number of nitrogens with zero attached hydrogens (tertiary/aromatic N) is 6. The molecule has 16 heteroatoms. The Balaban J connectivity index is 1.03. The van der Waals surface area contributed by atoms with Crippen LogP contribution in [0.25, 0.3) is 16.5 Å². The minimum absolute atomic E-state index is 0.100. The van der Waals surface area contributed by atoms with E-state index in [1.54, 1.807) is 6.07 Å². The number of ether oxygens (including phenoxy) is 1. The Hall–Kier alpha value is -5.13. The summed E-state index contributed by atoms with van der Waals surface area (Å²) in [5.74, 6) is 0.290. The molecule has 66 heavy (non-hydrogen) atoms. The molecule has 350 valence electrons. The lowest BCUT2D eigenvalue weighted by Crippen LogP contribution is -2.47. The van der Waals surface area contributed by atoms with Crippen LogP contribution in [-0.2, 0) is 17.8 Å². The van der Waals surface area contributed by atoms with Gasteiger partial charge >= 0.3 is 0 Å². The number of hydrogen-bond acceptors (Lipinski definition) is 11. The Morgan fingerprint density at radius 1 is 0.955 bits per heavy atom. The van der Waals surface area contributed by atoms with Gasteiger partial charge in [-0.15, -0.1) is 0 Å². The molecule has 3 heterocycles. The molecule has 2 saturated heterocycles. The number of likely N-dealkylation sites (N-methyl/N-ethyl adjacent to an activating group) is 1. The highest BCUT2D eigenvalue weighted by Crippen LogP contribution is 2.44. The SMILES string of the molecule is CN(C)CCCc1c[nH]c2cccc(Oc3cc(N4CCN(CC5=C(c6ccc(Cl)cc6)CC(C)(C)CC5)CC4)ccc3C(=O)N[S+]([O-])c3ccc(NN4CCN(C)CC4)c([N+](=O)[O-])c3)c12. The van der Waals surface area contributed by atoms with Crippen molar-refractivity contribution >= 4 is 62.4 Å². The van der Waals surface area contributed by atoms with Gasteiger partial charge in [-0.05, 0) is 130 Å². The highest BCUT2D eigenvalue weighted by atomic mass is 35.5. The Kier molecular flexibility index (Phi) is 14.9. The summed E-state index contributed by atoms with van der Waals surface area (Å²) < 4.78 is 23.2. The molecule has 1 amide bonds. The quantitative estimate of drug-likeness (QED) is 0.0495. The Morgan fingerprint density at radius 3 is 2.44 bits per heavy atom. The topological polar surface area (TPSA) is 149 Å². The van der Waals surface area contributed by atoms with Gasteiger partial charge in [0.1, 0.15) is 28.5 Å². The predicted molar refractivity (Wildman–Crippen MR) is 266 cm³/mol. The van der Waals surface area contributed by atoms with Crippen LogP contribution in [0.1, 0.15) is 61.0 Å². The second-order valence-corrected chi connectivity index (χ2v) is 20.6. The number of nitro groups is 1. The number of aromatic nitrogens is 1. The Morgan fingerprint density at radius 2 is 1.71 bits per heavy atom. The number of rotatable bonds is 16. The van der Waals surface area contributed by atoms with Crippen LogP contribution >= 0.6 is 11.6 Å². The van der Waals surface area contributed by atoms with E-state index in [1.165, 1.54) is 34.9 Å². The van der Waals surface area contributed by atoms with Crippen molar-refractivity contribution in [2.75, 3.05) is 96.9 Å². The van der Waals surface area contributed by atoms with Gasteiger partial charge in [0, 0.05) is 92.8 Å². The third kappa shape index (κ3) is 11.5. The molecule has 1 atom stereocenters. The molecule has 1 aromatic heterocycles. The van der Waals surface area contributed by atoms with Crippen molar-refractivity contribution in [3.8, 4) is 11.5 Å². The minimum atomic E-state index is -2.12. The lowest BCUT2D eigenvalue weighted by Gasteiger charge is -2.39. The molecule has 5 aromatic rings. The van der Waals surface area contributed by atoms with Crippen LogP contribution < -0.4 is 19.8 Å². The van der Waals surface area contributed by atoms with Crippen molar-refractivity contribution in [1.29, 1.82) is 0 Å². The zero-order chi connectivity index (χ0) is 46.5. The average molecular weight is 937 g/mol. The first kappa shape index (κ1) is 47.4. The van der Waals surface area contributed by atoms with Crippen molar-refractivity contribution in [2.45, 2.75) is 50.8 Å². The highest BCUT2D eigenvalue weighted by molar-refractivity contribution is 7.90. The lowest BCUT2D eigenvalue weighted by molar-refractivity contribution is -0.384. The number of piperazine rings is 2. The summed E-state index contributed by atoms with van der Waals surface area (Å²) in [4.78, 5) is 38.7. The number of anilines is 2. The van der Waals surface area contributed by atoms with E-state index in [0.717, 1.165) is 112 Å². The first-order chi connectivity index (χ1) is 31.7. The van der Waals surface area contributed by atoms with Crippen LogP contribution in [0.5, 0.6) is 11.5 Å². The smallest absolute Gasteiger partial charge is 0.298 e. The zero-order valence-corrected chi connectivity index (χ0v) is 40.3. The number of halogens is 1. The molecule has 2 aliphatic heterocycles. The largest absolute Gasteiger partial charge is 0.588 e. The number of allylic oxidation sites excluding steroid dienone is 1. The number of aromatic amines is 1. The lowest BCUT2D eigenvalue weighted by atomic mass is 9.72. The maximum absolute atomic E-state index is 14.2.